The van der Waals surface area contributed by atoms with E-state index >= 15 is 0 Å². The Balaban J connectivity index is 1.39. The highest BCUT2D eigenvalue weighted by Gasteiger charge is 2.24. The lowest BCUT2D eigenvalue weighted by molar-refractivity contribution is 0.0696. The summed E-state index contributed by atoms with van der Waals surface area (Å²) in [6.45, 7) is 3.58. The number of sulfone groups is 1. The van der Waals surface area contributed by atoms with Gasteiger partial charge in [0, 0.05) is 47.8 Å². The average Bonchev–Trinajstić information content (AvgIpc) is 2.92. The molecule has 10 nitrogen and oxygen atoms in total. The molecule has 216 valence electrons. The largest absolute Gasteiger partial charge is 0.490 e. The third-order valence-electron chi connectivity index (χ3n) is 7.25. The first kappa shape index (κ1) is 29.0. The Kier molecular flexibility index (Phi) is 9.41. The van der Waals surface area contributed by atoms with Crippen LogP contribution >= 0.6 is 15.9 Å². The molecule has 12 heteroatoms. The fraction of sp³-hybridized carbons (Fsp3) is 0.500. The molecule has 1 atom stereocenters. The van der Waals surface area contributed by atoms with E-state index in [2.05, 4.69) is 61.4 Å². The zero-order valence-electron chi connectivity index (χ0n) is 22.7. The number of anilines is 2. The van der Waals surface area contributed by atoms with Crippen LogP contribution in [0.25, 0.3) is 10.9 Å². The molecule has 1 fully saturated rings. The number of aromatic nitrogens is 2. The highest BCUT2D eigenvalue weighted by molar-refractivity contribution is 9.10. The maximum Gasteiger partial charge on any atom is 0.163 e. The molecular formula is C28H36BrN5O5S. The number of nitrogens with one attached hydrogen (secondary N) is 1. The lowest BCUT2D eigenvalue weighted by atomic mass is 10.1. The van der Waals surface area contributed by atoms with E-state index < -0.39 is 15.9 Å². The maximum atomic E-state index is 11.7. The van der Waals surface area contributed by atoms with Gasteiger partial charge in [0.05, 0.1) is 23.6 Å². The summed E-state index contributed by atoms with van der Waals surface area (Å²) < 4.78 is 36.7. The maximum absolute atomic E-state index is 11.7. The van der Waals surface area contributed by atoms with Crippen molar-refractivity contribution in [1.82, 2.24) is 19.8 Å². The molecule has 2 aliphatic rings. The number of β-amino-alcohol motifs (C(OH)–C–C–N with tert-alkyl or cyclic N) is 1. The van der Waals surface area contributed by atoms with Crippen molar-refractivity contribution >= 4 is 48.2 Å². The predicted octanol–water partition coefficient (Wildman–Crippen LogP) is 3.60. The first-order chi connectivity index (χ1) is 19.3. The molecule has 0 spiro atoms. The minimum absolute atomic E-state index is 0.0506. The van der Waals surface area contributed by atoms with E-state index in [1.807, 2.05) is 17.0 Å². The fourth-order valence-corrected chi connectivity index (χ4v) is 6.64. The number of hydrogen-bond acceptors (Lipinski definition) is 10. The Bertz CT molecular complexity index is 1430. The molecule has 3 heterocycles. The zero-order chi connectivity index (χ0) is 28.1. The third kappa shape index (κ3) is 7.61. The lowest BCUT2D eigenvalue weighted by Gasteiger charge is -2.28. The summed E-state index contributed by atoms with van der Waals surface area (Å²) in [5.41, 5.74) is 2.82. The molecule has 2 aliphatic heterocycles. The zero-order valence-corrected chi connectivity index (χ0v) is 25.1. The molecule has 2 N–H and O–H groups in total. The molecule has 2 bridgehead atoms. The van der Waals surface area contributed by atoms with E-state index in [4.69, 9.17) is 9.47 Å². The van der Waals surface area contributed by atoms with Crippen molar-refractivity contribution in [3.05, 3.63) is 46.7 Å². The van der Waals surface area contributed by atoms with Crippen LogP contribution in [-0.4, -0.2) is 97.3 Å². The van der Waals surface area contributed by atoms with Gasteiger partial charge in [-0.3, -0.25) is 4.90 Å². The molecule has 0 amide bonds. The monoisotopic (exact) mass is 633 g/mol. The van der Waals surface area contributed by atoms with Crippen molar-refractivity contribution in [2.45, 2.75) is 31.9 Å². The van der Waals surface area contributed by atoms with Gasteiger partial charge >= 0.3 is 0 Å². The molecule has 1 aromatic heterocycles. The number of aliphatic hydroxyl groups excluding tert-OH is 1. The van der Waals surface area contributed by atoms with Crippen LogP contribution in [0.15, 0.2) is 41.1 Å². The van der Waals surface area contributed by atoms with Gasteiger partial charge in [-0.25, -0.2) is 18.4 Å². The van der Waals surface area contributed by atoms with Gasteiger partial charge < -0.3 is 24.8 Å². The van der Waals surface area contributed by atoms with Gasteiger partial charge in [0.1, 0.15) is 24.9 Å². The summed E-state index contributed by atoms with van der Waals surface area (Å²) in [6, 6.07) is 9.96. The Labute approximate surface area is 243 Å². The fourth-order valence-electron chi connectivity index (χ4n) is 5.00. The van der Waals surface area contributed by atoms with E-state index in [1.165, 1.54) is 11.9 Å². The SMILES string of the molecule is CN1CCCCCOc2cc3c(ncnc3cc2OC[C@@H](O)CN2CCS(=O)(=O)CC2)Nc2cc(Br)ccc2C1. The minimum atomic E-state index is -2.97. The molecule has 0 aliphatic carbocycles. The summed E-state index contributed by atoms with van der Waals surface area (Å²) in [7, 11) is -0.832. The quantitative estimate of drug-likeness (QED) is 0.431. The van der Waals surface area contributed by atoms with Crippen molar-refractivity contribution in [2.24, 2.45) is 0 Å². The van der Waals surface area contributed by atoms with Crippen LogP contribution in [0.4, 0.5) is 11.5 Å². The molecule has 3 aromatic rings. The van der Waals surface area contributed by atoms with Gasteiger partial charge in [-0.1, -0.05) is 22.0 Å². The van der Waals surface area contributed by atoms with Gasteiger partial charge in [0.2, 0.25) is 0 Å². The minimum Gasteiger partial charge on any atom is -0.490 e. The molecule has 2 aromatic carbocycles. The van der Waals surface area contributed by atoms with Crippen LogP contribution in [0, 0.1) is 0 Å². The second-order valence-corrected chi connectivity index (χ2v) is 13.7. The lowest BCUT2D eigenvalue weighted by Crippen LogP contribution is -2.44. The molecule has 40 heavy (non-hydrogen) atoms. The number of aliphatic hydroxyl groups is 1. The Morgan fingerprint density at radius 2 is 1.95 bits per heavy atom. The van der Waals surface area contributed by atoms with Crippen molar-refractivity contribution in [3.63, 3.8) is 0 Å². The average molecular weight is 635 g/mol. The second kappa shape index (κ2) is 13.0. The van der Waals surface area contributed by atoms with Crippen molar-refractivity contribution < 1.29 is 23.0 Å². The Morgan fingerprint density at radius 1 is 1.12 bits per heavy atom. The van der Waals surface area contributed by atoms with Crippen LogP contribution in [0.5, 0.6) is 11.5 Å². The Morgan fingerprint density at radius 3 is 2.77 bits per heavy atom. The van der Waals surface area contributed by atoms with E-state index in [-0.39, 0.29) is 18.1 Å². The van der Waals surface area contributed by atoms with E-state index in [1.54, 1.807) is 0 Å². The molecule has 1 saturated heterocycles. The number of rotatable bonds is 5. The van der Waals surface area contributed by atoms with Crippen LogP contribution in [0.2, 0.25) is 0 Å². The van der Waals surface area contributed by atoms with E-state index in [0.717, 1.165) is 47.9 Å². The summed E-state index contributed by atoms with van der Waals surface area (Å²) >= 11 is 3.60. The number of fused-ring (bicyclic) bond motifs is 2. The van der Waals surface area contributed by atoms with Gasteiger partial charge in [-0.15, -0.1) is 0 Å². The van der Waals surface area contributed by atoms with Crippen LogP contribution in [0.3, 0.4) is 0 Å². The normalized spacial score (nSPS) is 19.6. The molecule has 0 unspecified atom stereocenters. The van der Waals surface area contributed by atoms with Crippen molar-refractivity contribution in [1.29, 1.82) is 0 Å². The standard InChI is InChI=1S/C28H36BrN5O5S/c1-33-7-3-2-4-10-38-26-14-23-25(30-19-31-28(23)32-24-13-21(29)6-5-20(24)16-33)15-27(26)39-18-22(35)17-34-8-11-40(36,37)12-9-34/h5-6,13-15,19,22,35H,2-4,7-12,16-18H2,1H3,(H,30,31,32)/t22-/m0/s1. The van der Waals surface area contributed by atoms with Gasteiger partial charge in [0.15, 0.2) is 21.3 Å². The first-order valence-electron chi connectivity index (χ1n) is 13.6. The Hall–Kier alpha value is -2.51. The van der Waals surface area contributed by atoms with Gasteiger partial charge in [0.25, 0.3) is 0 Å². The van der Waals surface area contributed by atoms with E-state index in [0.29, 0.717) is 49.1 Å². The number of nitrogens with zero attached hydrogens (tertiary/aromatic N) is 4. The molecule has 0 radical (unpaired) electrons. The number of ether oxygens (including phenoxy) is 2. The summed E-state index contributed by atoms with van der Waals surface area (Å²) in [5.74, 6) is 1.99. The van der Waals surface area contributed by atoms with E-state index in [9.17, 15) is 13.5 Å². The molecule has 5 rings (SSSR count). The van der Waals surface area contributed by atoms with Gasteiger partial charge in [-0.05, 0) is 56.6 Å². The summed E-state index contributed by atoms with van der Waals surface area (Å²) in [4.78, 5) is 13.3. The van der Waals surface area contributed by atoms with Crippen LogP contribution in [-0.2, 0) is 16.4 Å². The topological polar surface area (TPSA) is 117 Å². The summed E-state index contributed by atoms with van der Waals surface area (Å²) in [5, 5.41) is 15.0. The molecular weight excluding hydrogens is 598 g/mol. The van der Waals surface area contributed by atoms with Gasteiger partial charge in [-0.2, -0.15) is 0 Å². The predicted molar refractivity (Wildman–Crippen MR) is 159 cm³/mol. The second-order valence-electron chi connectivity index (χ2n) is 10.5. The number of hydrogen-bond donors (Lipinski definition) is 2. The third-order valence-corrected chi connectivity index (χ3v) is 9.35. The van der Waals surface area contributed by atoms with Crippen molar-refractivity contribution in [2.75, 3.05) is 63.3 Å². The highest BCUT2D eigenvalue weighted by atomic mass is 79.9. The van der Waals surface area contributed by atoms with Crippen LogP contribution < -0.4 is 14.8 Å². The number of halogens is 1. The smallest absolute Gasteiger partial charge is 0.163 e. The summed E-state index contributed by atoms with van der Waals surface area (Å²) in [6.07, 6.45) is 3.76. The molecule has 0 saturated carbocycles. The highest BCUT2D eigenvalue weighted by Crippen LogP contribution is 2.36. The first-order valence-corrected chi connectivity index (χ1v) is 16.3. The van der Waals surface area contributed by atoms with Crippen LogP contribution in [0.1, 0.15) is 24.8 Å². The number of benzene rings is 2. The van der Waals surface area contributed by atoms with Crippen molar-refractivity contribution in [3.8, 4) is 11.5 Å².